The standard InChI is InChI=1S/C25H22N2O2/c1-16-8-11-18(12-9-16)23-15-20(19-14-17(2)10-13-21(19)26-23)25(28)27-22-6-4-5-7-24(22)29-3/h4-15H,1-3H3,(H,27,28). The van der Waals surface area contributed by atoms with Gasteiger partial charge in [-0.05, 0) is 44.2 Å². The first-order chi connectivity index (χ1) is 14.0. The van der Waals surface area contributed by atoms with Crippen LogP contribution in [0.3, 0.4) is 0 Å². The van der Waals surface area contributed by atoms with Crippen molar-refractivity contribution in [3.8, 4) is 17.0 Å². The quantitative estimate of drug-likeness (QED) is 0.487. The summed E-state index contributed by atoms with van der Waals surface area (Å²) in [6.45, 7) is 4.06. The van der Waals surface area contributed by atoms with Crippen molar-refractivity contribution in [1.29, 1.82) is 0 Å². The Hall–Kier alpha value is -3.66. The predicted molar refractivity (Wildman–Crippen MR) is 118 cm³/mol. The lowest BCUT2D eigenvalue weighted by atomic mass is 10.0. The Balaban J connectivity index is 1.83. The molecule has 1 amide bonds. The van der Waals surface area contributed by atoms with Crippen LogP contribution in [0.4, 0.5) is 5.69 Å². The fourth-order valence-electron chi connectivity index (χ4n) is 3.34. The molecule has 144 valence electrons. The van der Waals surface area contributed by atoms with Crippen LogP contribution in [-0.2, 0) is 0 Å². The minimum absolute atomic E-state index is 0.194. The second-order valence-electron chi connectivity index (χ2n) is 7.10. The molecular formula is C25H22N2O2. The topological polar surface area (TPSA) is 51.2 Å². The first kappa shape index (κ1) is 18.7. The number of carbonyl (C=O) groups excluding carboxylic acids is 1. The summed E-state index contributed by atoms with van der Waals surface area (Å²) in [5.41, 5.74) is 6.01. The molecule has 1 aromatic heterocycles. The number of amides is 1. The molecule has 29 heavy (non-hydrogen) atoms. The van der Waals surface area contributed by atoms with Crippen LogP contribution in [0.1, 0.15) is 21.5 Å². The SMILES string of the molecule is COc1ccccc1NC(=O)c1cc(-c2ccc(C)cc2)nc2ccc(C)cc12. The largest absolute Gasteiger partial charge is 0.495 e. The van der Waals surface area contributed by atoms with E-state index in [1.807, 2.05) is 86.6 Å². The van der Waals surface area contributed by atoms with Crippen molar-refractivity contribution in [2.45, 2.75) is 13.8 Å². The maximum Gasteiger partial charge on any atom is 0.256 e. The molecule has 0 saturated carbocycles. The molecule has 3 aromatic carbocycles. The van der Waals surface area contributed by atoms with Crippen molar-refractivity contribution < 1.29 is 9.53 Å². The number of carbonyl (C=O) groups is 1. The molecule has 0 atom stereocenters. The van der Waals surface area contributed by atoms with Crippen LogP contribution in [0.5, 0.6) is 5.75 Å². The van der Waals surface area contributed by atoms with Crippen LogP contribution in [0.15, 0.2) is 72.8 Å². The number of hydrogen-bond acceptors (Lipinski definition) is 3. The van der Waals surface area contributed by atoms with Gasteiger partial charge >= 0.3 is 0 Å². The molecule has 0 saturated heterocycles. The average molecular weight is 382 g/mol. The second kappa shape index (κ2) is 7.76. The third kappa shape index (κ3) is 3.83. The maximum atomic E-state index is 13.3. The highest BCUT2D eigenvalue weighted by Gasteiger charge is 2.16. The molecule has 0 aliphatic rings. The van der Waals surface area contributed by atoms with Gasteiger partial charge in [0.1, 0.15) is 5.75 Å². The van der Waals surface area contributed by atoms with E-state index < -0.39 is 0 Å². The van der Waals surface area contributed by atoms with E-state index in [2.05, 4.69) is 5.32 Å². The van der Waals surface area contributed by atoms with E-state index in [1.54, 1.807) is 7.11 Å². The number of aryl methyl sites for hydroxylation is 2. The Bertz CT molecular complexity index is 1200. The van der Waals surface area contributed by atoms with E-state index in [0.29, 0.717) is 17.0 Å². The Kier molecular flexibility index (Phi) is 5.00. The molecule has 1 heterocycles. The highest BCUT2D eigenvalue weighted by molar-refractivity contribution is 6.13. The minimum atomic E-state index is -0.194. The zero-order chi connectivity index (χ0) is 20.4. The average Bonchev–Trinajstić information content (AvgIpc) is 2.74. The summed E-state index contributed by atoms with van der Waals surface area (Å²) in [6, 6.07) is 23.4. The van der Waals surface area contributed by atoms with Gasteiger partial charge in [0.15, 0.2) is 0 Å². The minimum Gasteiger partial charge on any atom is -0.495 e. The fraction of sp³-hybridized carbons (Fsp3) is 0.120. The van der Waals surface area contributed by atoms with Crippen LogP contribution in [0.2, 0.25) is 0 Å². The molecule has 0 spiro atoms. The monoisotopic (exact) mass is 382 g/mol. The van der Waals surface area contributed by atoms with Crippen LogP contribution < -0.4 is 10.1 Å². The van der Waals surface area contributed by atoms with E-state index in [4.69, 9.17) is 9.72 Å². The number of methoxy groups -OCH3 is 1. The molecule has 0 unspecified atom stereocenters. The highest BCUT2D eigenvalue weighted by atomic mass is 16.5. The molecular weight excluding hydrogens is 360 g/mol. The number of aromatic nitrogens is 1. The van der Waals surface area contributed by atoms with Crippen molar-refractivity contribution in [1.82, 2.24) is 4.98 Å². The summed E-state index contributed by atoms with van der Waals surface area (Å²) >= 11 is 0. The van der Waals surface area contributed by atoms with Gasteiger partial charge in [-0.15, -0.1) is 0 Å². The molecule has 4 nitrogen and oxygen atoms in total. The lowest BCUT2D eigenvalue weighted by Gasteiger charge is -2.13. The van der Waals surface area contributed by atoms with Gasteiger partial charge in [-0.1, -0.05) is 53.6 Å². The lowest BCUT2D eigenvalue weighted by molar-refractivity contribution is 0.102. The number of anilines is 1. The van der Waals surface area contributed by atoms with Crippen LogP contribution >= 0.6 is 0 Å². The number of ether oxygens (including phenoxy) is 1. The Morgan fingerprint density at radius 1 is 0.897 bits per heavy atom. The first-order valence-electron chi connectivity index (χ1n) is 9.48. The van der Waals surface area contributed by atoms with Gasteiger partial charge in [-0.3, -0.25) is 4.79 Å². The summed E-state index contributed by atoms with van der Waals surface area (Å²) in [6.07, 6.45) is 0. The summed E-state index contributed by atoms with van der Waals surface area (Å²) in [4.78, 5) is 18.0. The van der Waals surface area contributed by atoms with E-state index in [9.17, 15) is 4.79 Å². The molecule has 4 aromatic rings. The zero-order valence-electron chi connectivity index (χ0n) is 16.7. The van der Waals surface area contributed by atoms with Crippen molar-refractivity contribution in [2.75, 3.05) is 12.4 Å². The molecule has 0 aliphatic carbocycles. The lowest BCUT2D eigenvalue weighted by Crippen LogP contribution is -2.14. The number of para-hydroxylation sites is 2. The third-order valence-electron chi connectivity index (χ3n) is 4.91. The van der Waals surface area contributed by atoms with E-state index in [-0.39, 0.29) is 5.91 Å². The summed E-state index contributed by atoms with van der Waals surface area (Å²) < 4.78 is 5.37. The molecule has 0 aliphatic heterocycles. The summed E-state index contributed by atoms with van der Waals surface area (Å²) in [5, 5.41) is 3.81. The van der Waals surface area contributed by atoms with Crippen molar-refractivity contribution in [3.63, 3.8) is 0 Å². The molecule has 0 radical (unpaired) electrons. The third-order valence-corrected chi connectivity index (χ3v) is 4.91. The van der Waals surface area contributed by atoms with Crippen molar-refractivity contribution >= 4 is 22.5 Å². The smallest absolute Gasteiger partial charge is 0.256 e. The molecule has 4 heteroatoms. The second-order valence-corrected chi connectivity index (χ2v) is 7.10. The van der Waals surface area contributed by atoms with Crippen LogP contribution in [-0.4, -0.2) is 18.0 Å². The molecule has 0 fully saturated rings. The Morgan fingerprint density at radius 3 is 2.38 bits per heavy atom. The first-order valence-corrected chi connectivity index (χ1v) is 9.48. The number of nitrogens with zero attached hydrogens (tertiary/aromatic N) is 1. The number of benzene rings is 3. The molecule has 4 rings (SSSR count). The normalized spacial score (nSPS) is 10.7. The van der Waals surface area contributed by atoms with Gasteiger partial charge in [-0.2, -0.15) is 0 Å². The number of hydrogen-bond donors (Lipinski definition) is 1. The molecule has 1 N–H and O–H groups in total. The molecule has 0 bridgehead atoms. The summed E-state index contributed by atoms with van der Waals surface area (Å²) in [7, 11) is 1.59. The van der Waals surface area contributed by atoms with Gasteiger partial charge in [0.25, 0.3) is 5.91 Å². The predicted octanol–water partition coefficient (Wildman–Crippen LogP) is 5.78. The maximum absolute atomic E-state index is 13.3. The Morgan fingerprint density at radius 2 is 1.62 bits per heavy atom. The number of rotatable bonds is 4. The van der Waals surface area contributed by atoms with E-state index >= 15 is 0 Å². The highest BCUT2D eigenvalue weighted by Crippen LogP contribution is 2.28. The summed E-state index contributed by atoms with van der Waals surface area (Å²) in [5.74, 6) is 0.426. The number of pyridine rings is 1. The Labute approximate surface area is 170 Å². The van der Waals surface area contributed by atoms with E-state index in [0.717, 1.165) is 27.7 Å². The van der Waals surface area contributed by atoms with Crippen molar-refractivity contribution in [2.24, 2.45) is 0 Å². The van der Waals surface area contributed by atoms with Gasteiger partial charge < -0.3 is 10.1 Å². The number of fused-ring (bicyclic) bond motifs is 1. The van der Waals surface area contributed by atoms with Crippen molar-refractivity contribution in [3.05, 3.63) is 89.5 Å². The van der Waals surface area contributed by atoms with Crippen LogP contribution in [0, 0.1) is 13.8 Å². The number of nitrogens with one attached hydrogen (secondary N) is 1. The van der Waals surface area contributed by atoms with Gasteiger partial charge in [0.05, 0.1) is 29.6 Å². The van der Waals surface area contributed by atoms with Gasteiger partial charge in [0.2, 0.25) is 0 Å². The zero-order valence-corrected chi connectivity index (χ0v) is 16.7. The van der Waals surface area contributed by atoms with Gasteiger partial charge in [-0.25, -0.2) is 4.98 Å². The fourth-order valence-corrected chi connectivity index (χ4v) is 3.34. The van der Waals surface area contributed by atoms with E-state index in [1.165, 1.54) is 5.56 Å². The van der Waals surface area contributed by atoms with Crippen LogP contribution in [0.25, 0.3) is 22.2 Å². The van der Waals surface area contributed by atoms with Gasteiger partial charge in [0, 0.05) is 10.9 Å².